The van der Waals surface area contributed by atoms with E-state index < -0.39 is 5.41 Å². The van der Waals surface area contributed by atoms with Crippen LogP contribution in [0, 0.1) is 5.41 Å². The van der Waals surface area contributed by atoms with E-state index in [0.717, 1.165) is 0 Å². The lowest BCUT2D eigenvalue weighted by atomic mass is 9.94. The van der Waals surface area contributed by atoms with Crippen LogP contribution in [-0.2, 0) is 19.0 Å². The van der Waals surface area contributed by atoms with Gasteiger partial charge in [-0.15, -0.1) is 0 Å². The molecule has 0 amide bonds. The van der Waals surface area contributed by atoms with Crippen LogP contribution in [0.15, 0.2) is 0 Å². The minimum atomic E-state index is -0.544. The molecule has 0 aromatic carbocycles. The second kappa shape index (κ2) is 8.44. The zero-order chi connectivity index (χ0) is 13.3. The third-order valence-electron chi connectivity index (χ3n) is 2.32. The summed E-state index contributed by atoms with van der Waals surface area (Å²) in [5, 5.41) is 3.16. The van der Waals surface area contributed by atoms with Gasteiger partial charge >= 0.3 is 5.97 Å². The minimum Gasteiger partial charge on any atom is -0.469 e. The molecule has 1 N–H and O–H groups in total. The molecule has 5 heteroatoms. The van der Waals surface area contributed by atoms with Crippen molar-refractivity contribution in [3.05, 3.63) is 0 Å². The summed E-state index contributed by atoms with van der Waals surface area (Å²) >= 11 is 0. The Morgan fingerprint density at radius 3 is 2.18 bits per heavy atom. The molecule has 0 heterocycles. The SMILES string of the molecule is CCOC(CNCC(C)(C)C(=O)OC)OCC. The quantitative estimate of drug-likeness (QED) is 0.489. The van der Waals surface area contributed by atoms with Crippen molar-refractivity contribution in [1.82, 2.24) is 5.32 Å². The molecule has 0 radical (unpaired) electrons. The van der Waals surface area contributed by atoms with Gasteiger partial charge < -0.3 is 19.5 Å². The summed E-state index contributed by atoms with van der Waals surface area (Å²) in [6, 6.07) is 0. The predicted octanol–water partition coefficient (Wildman–Crippen LogP) is 1.17. The van der Waals surface area contributed by atoms with Crippen molar-refractivity contribution in [3.63, 3.8) is 0 Å². The lowest BCUT2D eigenvalue weighted by Crippen LogP contribution is -2.41. The van der Waals surface area contributed by atoms with Crippen LogP contribution in [-0.4, -0.2) is 45.7 Å². The highest BCUT2D eigenvalue weighted by Crippen LogP contribution is 2.15. The molecule has 0 fully saturated rings. The Morgan fingerprint density at radius 2 is 1.76 bits per heavy atom. The first-order valence-electron chi connectivity index (χ1n) is 6.00. The number of hydrogen-bond acceptors (Lipinski definition) is 5. The predicted molar refractivity (Wildman–Crippen MR) is 65.7 cm³/mol. The van der Waals surface area contributed by atoms with Gasteiger partial charge in [0, 0.05) is 26.3 Å². The summed E-state index contributed by atoms with van der Waals surface area (Å²) in [7, 11) is 1.40. The van der Waals surface area contributed by atoms with Crippen molar-refractivity contribution >= 4 is 5.97 Å². The van der Waals surface area contributed by atoms with Crippen LogP contribution < -0.4 is 5.32 Å². The minimum absolute atomic E-state index is 0.227. The Kier molecular flexibility index (Phi) is 8.12. The summed E-state index contributed by atoms with van der Waals surface area (Å²) in [5.41, 5.74) is -0.544. The molecule has 0 rings (SSSR count). The van der Waals surface area contributed by atoms with Crippen molar-refractivity contribution in [2.75, 3.05) is 33.4 Å². The van der Waals surface area contributed by atoms with E-state index in [-0.39, 0.29) is 12.3 Å². The van der Waals surface area contributed by atoms with Crippen LogP contribution >= 0.6 is 0 Å². The molecule has 0 atom stereocenters. The molecule has 0 spiro atoms. The largest absolute Gasteiger partial charge is 0.469 e. The van der Waals surface area contributed by atoms with Crippen molar-refractivity contribution in [2.45, 2.75) is 34.0 Å². The molecule has 0 saturated carbocycles. The van der Waals surface area contributed by atoms with Gasteiger partial charge in [-0.1, -0.05) is 0 Å². The molecule has 0 aliphatic rings. The van der Waals surface area contributed by atoms with Gasteiger partial charge in [-0.2, -0.15) is 0 Å². The second-order valence-corrected chi connectivity index (χ2v) is 4.35. The Balaban J connectivity index is 3.97. The van der Waals surface area contributed by atoms with Crippen molar-refractivity contribution in [3.8, 4) is 0 Å². The highest BCUT2D eigenvalue weighted by molar-refractivity contribution is 5.76. The Morgan fingerprint density at radius 1 is 1.24 bits per heavy atom. The lowest BCUT2D eigenvalue weighted by molar-refractivity contribution is -0.151. The van der Waals surface area contributed by atoms with Gasteiger partial charge in [0.25, 0.3) is 0 Å². The van der Waals surface area contributed by atoms with Crippen LogP contribution in [0.5, 0.6) is 0 Å². The summed E-state index contributed by atoms with van der Waals surface area (Å²) in [5.74, 6) is -0.227. The number of carbonyl (C=O) groups excluding carboxylic acids is 1. The van der Waals surface area contributed by atoms with Gasteiger partial charge in [0.1, 0.15) is 0 Å². The average Bonchev–Trinajstić information content (AvgIpc) is 2.28. The number of methoxy groups -OCH3 is 1. The summed E-state index contributed by atoms with van der Waals surface area (Å²) in [6.07, 6.45) is -0.265. The van der Waals surface area contributed by atoms with E-state index in [2.05, 4.69) is 5.32 Å². The van der Waals surface area contributed by atoms with Crippen molar-refractivity contribution in [1.29, 1.82) is 0 Å². The Labute approximate surface area is 104 Å². The van der Waals surface area contributed by atoms with Crippen LogP contribution in [0.1, 0.15) is 27.7 Å². The van der Waals surface area contributed by atoms with Crippen LogP contribution in [0.4, 0.5) is 0 Å². The normalized spacial score (nSPS) is 11.9. The molecule has 0 aromatic heterocycles. The van der Waals surface area contributed by atoms with E-state index in [1.54, 1.807) is 0 Å². The highest BCUT2D eigenvalue weighted by Gasteiger charge is 2.28. The van der Waals surface area contributed by atoms with Crippen LogP contribution in [0.3, 0.4) is 0 Å². The summed E-state index contributed by atoms with van der Waals surface area (Å²) < 4.78 is 15.5. The van der Waals surface area contributed by atoms with E-state index in [1.165, 1.54) is 7.11 Å². The van der Waals surface area contributed by atoms with E-state index in [9.17, 15) is 4.79 Å². The molecule has 0 aliphatic heterocycles. The molecule has 0 bridgehead atoms. The van der Waals surface area contributed by atoms with Crippen LogP contribution in [0.2, 0.25) is 0 Å². The lowest BCUT2D eigenvalue weighted by Gasteiger charge is -2.24. The molecule has 5 nitrogen and oxygen atoms in total. The Bertz CT molecular complexity index is 213. The second-order valence-electron chi connectivity index (χ2n) is 4.35. The first kappa shape index (κ1) is 16.4. The smallest absolute Gasteiger partial charge is 0.312 e. The van der Waals surface area contributed by atoms with E-state index >= 15 is 0 Å². The zero-order valence-corrected chi connectivity index (χ0v) is 11.5. The maximum absolute atomic E-state index is 11.4. The first-order valence-corrected chi connectivity index (χ1v) is 6.00. The molecular formula is C12H25NO4. The molecule has 0 aromatic rings. The van der Waals surface area contributed by atoms with E-state index in [0.29, 0.717) is 26.3 Å². The van der Waals surface area contributed by atoms with E-state index in [4.69, 9.17) is 14.2 Å². The third kappa shape index (κ3) is 6.61. The number of nitrogens with one attached hydrogen (secondary N) is 1. The summed E-state index contributed by atoms with van der Waals surface area (Å²) in [6.45, 7) is 9.80. The molecular weight excluding hydrogens is 222 g/mol. The molecule has 0 saturated heterocycles. The fourth-order valence-electron chi connectivity index (χ4n) is 1.39. The fourth-order valence-corrected chi connectivity index (χ4v) is 1.39. The van der Waals surface area contributed by atoms with Gasteiger partial charge in [0.2, 0.25) is 0 Å². The molecule has 17 heavy (non-hydrogen) atoms. The standard InChI is InChI=1S/C12H25NO4/c1-6-16-10(17-7-2)8-13-9-12(3,4)11(14)15-5/h10,13H,6-9H2,1-5H3. The molecule has 0 aliphatic carbocycles. The maximum Gasteiger partial charge on any atom is 0.312 e. The first-order chi connectivity index (χ1) is 7.97. The zero-order valence-electron chi connectivity index (χ0n) is 11.5. The van der Waals surface area contributed by atoms with Gasteiger partial charge in [-0.25, -0.2) is 0 Å². The Hall–Kier alpha value is -0.650. The molecule has 102 valence electrons. The number of ether oxygens (including phenoxy) is 3. The topological polar surface area (TPSA) is 56.8 Å². The highest BCUT2D eigenvalue weighted by atomic mass is 16.7. The number of rotatable bonds is 9. The van der Waals surface area contributed by atoms with Gasteiger partial charge in [0.15, 0.2) is 6.29 Å². The number of esters is 1. The average molecular weight is 247 g/mol. The number of carbonyl (C=O) groups is 1. The molecule has 0 unspecified atom stereocenters. The van der Waals surface area contributed by atoms with Gasteiger partial charge in [0.05, 0.1) is 12.5 Å². The van der Waals surface area contributed by atoms with Crippen molar-refractivity contribution in [2.24, 2.45) is 5.41 Å². The monoisotopic (exact) mass is 247 g/mol. The van der Waals surface area contributed by atoms with Crippen molar-refractivity contribution < 1.29 is 19.0 Å². The fraction of sp³-hybridized carbons (Fsp3) is 0.917. The van der Waals surface area contributed by atoms with E-state index in [1.807, 2.05) is 27.7 Å². The van der Waals surface area contributed by atoms with Gasteiger partial charge in [-0.05, 0) is 27.7 Å². The third-order valence-corrected chi connectivity index (χ3v) is 2.32. The number of hydrogen-bond donors (Lipinski definition) is 1. The van der Waals surface area contributed by atoms with Crippen LogP contribution in [0.25, 0.3) is 0 Å². The van der Waals surface area contributed by atoms with Gasteiger partial charge in [-0.3, -0.25) is 4.79 Å². The maximum atomic E-state index is 11.4. The summed E-state index contributed by atoms with van der Waals surface area (Å²) in [4.78, 5) is 11.4.